The highest BCUT2D eigenvalue weighted by molar-refractivity contribution is 7.09. The van der Waals surface area contributed by atoms with Crippen molar-refractivity contribution in [1.29, 1.82) is 5.26 Å². The van der Waals surface area contributed by atoms with Gasteiger partial charge in [0.25, 0.3) is 0 Å². The summed E-state index contributed by atoms with van der Waals surface area (Å²) in [6.07, 6.45) is -0.596. The van der Waals surface area contributed by atoms with E-state index in [0.29, 0.717) is 17.9 Å². The van der Waals surface area contributed by atoms with Crippen molar-refractivity contribution >= 4 is 11.3 Å². The number of nitrogens with zero attached hydrogens (tertiary/aromatic N) is 2. The number of thiophene rings is 1. The van der Waals surface area contributed by atoms with Gasteiger partial charge < -0.3 is 9.84 Å². The van der Waals surface area contributed by atoms with E-state index in [0.717, 1.165) is 6.54 Å². The molecule has 4 nitrogen and oxygen atoms in total. The molecule has 2 aromatic rings. The van der Waals surface area contributed by atoms with E-state index < -0.39 is 6.10 Å². The lowest BCUT2D eigenvalue weighted by molar-refractivity contribution is 0.0745. The molecule has 0 saturated carbocycles. The summed E-state index contributed by atoms with van der Waals surface area (Å²) in [5.41, 5.74) is 0.483. The maximum atomic E-state index is 10.0. The lowest BCUT2D eigenvalue weighted by atomic mass is 10.2. The minimum atomic E-state index is -0.596. The monoisotopic (exact) mass is 302 g/mol. The quantitative estimate of drug-likeness (QED) is 0.854. The SMILES string of the molecule is CN(Cc1cccs1)CC(O)COc1ccccc1C#N. The Labute approximate surface area is 128 Å². The van der Waals surface area contributed by atoms with Crippen LogP contribution in [0.2, 0.25) is 0 Å². The van der Waals surface area contributed by atoms with Crippen LogP contribution in [-0.2, 0) is 6.54 Å². The summed E-state index contributed by atoms with van der Waals surface area (Å²) in [5.74, 6) is 0.514. The van der Waals surface area contributed by atoms with Crippen LogP contribution in [0.1, 0.15) is 10.4 Å². The molecule has 1 heterocycles. The van der Waals surface area contributed by atoms with Crippen molar-refractivity contribution in [3.05, 3.63) is 52.2 Å². The van der Waals surface area contributed by atoms with Gasteiger partial charge in [0.1, 0.15) is 24.5 Å². The first-order chi connectivity index (χ1) is 10.2. The van der Waals surface area contributed by atoms with Gasteiger partial charge in [0.2, 0.25) is 0 Å². The molecule has 1 aromatic heterocycles. The third kappa shape index (κ3) is 4.87. The predicted molar refractivity (Wildman–Crippen MR) is 83.3 cm³/mol. The molecule has 0 bridgehead atoms. The van der Waals surface area contributed by atoms with Crippen LogP contribution in [0.5, 0.6) is 5.75 Å². The van der Waals surface area contributed by atoms with E-state index in [1.54, 1.807) is 29.5 Å². The van der Waals surface area contributed by atoms with Gasteiger partial charge in [-0.3, -0.25) is 4.90 Å². The Kier molecular flexibility index (Phi) is 5.76. The van der Waals surface area contributed by atoms with Gasteiger partial charge in [-0.2, -0.15) is 5.26 Å². The van der Waals surface area contributed by atoms with Crippen molar-refractivity contribution in [2.24, 2.45) is 0 Å². The fourth-order valence-electron chi connectivity index (χ4n) is 2.02. The average molecular weight is 302 g/mol. The number of aliphatic hydroxyl groups excluding tert-OH is 1. The highest BCUT2D eigenvalue weighted by Crippen LogP contribution is 2.17. The second kappa shape index (κ2) is 7.79. The molecule has 1 aromatic carbocycles. The van der Waals surface area contributed by atoms with Crippen LogP contribution in [0, 0.1) is 11.3 Å². The summed E-state index contributed by atoms with van der Waals surface area (Å²) < 4.78 is 5.53. The van der Waals surface area contributed by atoms with Gasteiger partial charge in [-0.1, -0.05) is 18.2 Å². The minimum absolute atomic E-state index is 0.174. The highest BCUT2D eigenvalue weighted by atomic mass is 32.1. The molecule has 1 unspecified atom stereocenters. The number of likely N-dealkylation sites (N-methyl/N-ethyl adjacent to an activating group) is 1. The van der Waals surface area contributed by atoms with Crippen molar-refractivity contribution in [2.75, 3.05) is 20.2 Å². The summed E-state index contributed by atoms with van der Waals surface area (Å²) in [5, 5.41) is 21.0. The predicted octanol–water partition coefficient (Wildman–Crippen LogP) is 2.49. The standard InChI is InChI=1S/C16H18N2O2S/c1-18(11-15-6-4-8-21-15)10-14(19)12-20-16-7-3-2-5-13(16)9-17/h2-8,14,19H,10-12H2,1H3. The van der Waals surface area contributed by atoms with Gasteiger partial charge in [0.05, 0.1) is 5.56 Å². The second-order valence-corrected chi connectivity index (χ2v) is 5.88. The molecule has 21 heavy (non-hydrogen) atoms. The van der Waals surface area contributed by atoms with Gasteiger partial charge in [-0.05, 0) is 30.6 Å². The summed E-state index contributed by atoms with van der Waals surface area (Å²) in [4.78, 5) is 3.32. The van der Waals surface area contributed by atoms with Crippen molar-refractivity contribution in [3.8, 4) is 11.8 Å². The number of nitriles is 1. The molecular weight excluding hydrogens is 284 g/mol. The lowest BCUT2D eigenvalue weighted by Gasteiger charge is -2.20. The number of aliphatic hydroxyl groups is 1. The van der Waals surface area contributed by atoms with E-state index in [4.69, 9.17) is 10.00 Å². The highest BCUT2D eigenvalue weighted by Gasteiger charge is 2.11. The molecule has 0 aliphatic carbocycles. The van der Waals surface area contributed by atoms with E-state index in [9.17, 15) is 5.11 Å². The first-order valence-corrected chi connectivity index (χ1v) is 7.58. The molecule has 110 valence electrons. The Morgan fingerprint density at radius 1 is 1.33 bits per heavy atom. The van der Waals surface area contributed by atoms with E-state index in [2.05, 4.69) is 17.0 Å². The largest absolute Gasteiger partial charge is 0.489 e. The van der Waals surface area contributed by atoms with Crippen molar-refractivity contribution < 1.29 is 9.84 Å². The number of ether oxygens (including phenoxy) is 1. The Balaban J connectivity index is 1.79. The number of rotatable bonds is 7. The molecule has 1 N–H and O–H groups in total. The van der Waals surface area contributed by atoms with Crippen molar-refractivity contribution in [2.45, 2.75) is 12.6 Å². The third-order valence-electron chi connectivity index (χ3n) is 2.97. The number of hydrogen-bond donors (Lipinski definition) is 1. The average Bonchev–Trinajstić information content (AvgIpc) is 2.98. The molecule has 0 radical (unpaired) electrons. The number of benzene rings is 1. The van der Waals surface area contributed by atoms with Crippen LogP contribution < -0.4 is 4.74 Å². The van der Waals surface area contributed by atoms with Crippen LogP contribution in [0.15, 0.2) is 41.8 Å². The zero-order chi connectivity index (χ0) is 15.1. The maximum Gasteiger partial charge on any atom is 0.137 e. The van der Waals surface area contributed by atoms with E-state index in [1.165, 1.54) is 4.88 Å². The molecule has 0 aliphatic rings. The summed E-state index contributed by atoms with van der Waals surface area (Å²) >= 11 is 1.70. The number of hydrogen-bond acceptors (Lipinski definition) is 5. The smallest absolute Gasteiger partial charge is 0.137 e. The van der Waals surface area contributed by atoms with E-state index in [-0.39, 0.29) is 6.61 Å². The van der Waals surface area contributed by atoms with Crippen LogP contribution in [-0.4, -0.2) is 36.3 Å². The van der Waals surface area contributed by atoms with Crippen LogP contribution >= 0.6 is 11.3 Å². The van der Waals surface area contributed by atoms with Crippen LogP contribution in [0.3, 0.4) is 0 Å². The number of para-hydroxylation sites is 1. The molecule has 0 aliphatic heterocycles. The Morgan fingerprint density at radius 2 is 2.14 bits per heavy atom. The molecule has 0 fully saturated rings. The van der Waals surface area contributed by atoms with Crippen LogP contribution in [0.25, 0.3) is 0 Å². The fourth-order valence-corrected chi connectivity index (χ4v) is 2.80. The lowest BCUT2D eigenvalue weighted by Crippen LogP contribution is -2.32. The summed E-state index contributed by atoms with van der Waals surface area (Å²) in [7, 11) is 1.96. The van der Waals surface area contributed by atoms with Crippen LogP contribution in [0.4, 0.5) is 0 Å². The topological polar surface area (TPSA) is 56.5 Å². The normalized spacial score (nSPS) is 12.1. The second-order valence-electron chi connectivity index (χ2n) is 4.85. The summed E-state index contributed by atoms with van der Waals surface area (Å²) in [6.45, 7) is 1.50. The third-order valence-corrected chi connectivity index (χ3v) is 3.83. The summed E-state index contributed by atoms with van der Waals surface area (Å²) in [6, 6.07) is 13.2. The zero-order valence-corrected chi connectivity index (χ0v) is 12.7. The molecule has 1 atom stereocenters. The Bertz CT molecular complexity index is 593. The molecule has 5 heteroatoms. The van der Waals surface area contributed by atoms with E-state index in [1.807, 2.05) is 24.6 Å². The van der Waals surface area contributed by atoms with Gasteiger partial charge in [-0.25, -0.2) is 0 Å². The molecular formula is C16H18N2O2S. The van der Waals surface area contributed by atoms with Gasteiger partial charge in [0, 0.05) is 18.0 Å². The molecule has 0 saturated heterocycles. The van der Waals surface area contributed by atoms with Gasteiger partial charge in [-0.15, -0.1) is 11.3 Å². The molecule has 0 spiro atoms. The zero-order valence-electron chi connectivity index (χ0n) is 11.9. The minimum Gasteiger partial charge on any atom is -0.489 e. The fraction of sp³-hybridized carbons (Fsp3) is 0.312. The van der Waals surface area contributed by atoms with Gasteiger partial charge in [0.15, 0.2) is 0 Å². The molecule has 2 rings (SSSR count). The van der Waals surface area contributed by atoms with Gasteiger partial charge >= 0.3 is 0 Å². The first kappa shape index (κ1) is 15.5. The first-order valence-electron chi connectivity index (χ1n) is 6.70. The maximum absolute atomic E-state index is 10.0. The Hall–Kier alpha value is -1.87. The van der Waals surface area contributed by atoms with E-state index >= 15 is 0 Å². The van der Waals surface area contributed by atoms with Crippen molar-refractivity contribution in [3.63, 3.8) is 0 Å². The Morgan fingerprint density at radius 3 is 2.86 bits per heavy atom. The molecule has 0 amide bonds. The van der Waals surface area contributed by atoms with Crippen molar-refractivity contribution in [1.82, 2.24) is 4.90 Å².